The van der Waals surface area contributed by atoms with Crippen molar-refractivity contribution in [1.29, 1.82) is 0 Å². The molecule has 1 N–H and O–H groups in total. The smallest absolute Gasteiger partial charge is 0.251 e. The zero-order chi connectivity index (χ0) is 20.4. The van der Waals surface area contributed by atoms with E-state index in [1.165, 1.54) is 6.33 Å². The van der Waals surface area contributed by atoms with Crippen molar-refractivity contribution in [2.24, 2.45) is 5.92 Å². The third-order valence-corrected chi connectivity index (χ3v) is 4.93. The number of tetrazole rings is 1. The highest BCUT2D eigenvalue weighted by atomic mass is 16.6. The summed E-state index contributed by atoms with van der Waals surface area (Å²) in [5.74, 6) is 1.52. The number of rotatable bonds is 5. The van der Waals surface area contributed by atoms with Crippen molar-refractivity contribution < 1.29 is 14.3 Å². The van der Waals surface area contributed by atoms with Crippen LogP contribution in [-0.2, 0) is 0 Å². The van der Waals surface area contributed by atoms with Gasteiger partial charge in [0.25, 0.3) is 5.91 Å². The summed E-state index contributed by atoms with van der Waals surface area (Å²) in [7, 11) is 0. The summed E-state index contributed by atoms with van der Waals surface area (Å²) >= 11 is 0. The van der Waals surface area contributed by atoms with Gasteiger partial charge in [-0.2, -0.15) is 0 Å². The van der Waals surface area contributed by atoms with E-state index in [-0.39, 0.29) is 17.9 Å². The van der Waals surface area contributed by atoms with Gasteiger partial charge in [-0.15, -0.1) is 5.10 Å². The number of benzene rings is 2. The van der Waals surface area contributed by atoms with E-state index in [9.17, 15) is 4.79 Å². The number of nitrogens with one attached hydrogen (secondary N) is 1. The zero-order valence-electron chi connectivity index (χ0n) is 16.6. The van der Waals surface area contributed by atoms with Gasteiger partial charge in [0.15, 0.2) is 11.5 Å². The molecule has 3 aromatic rings. The first kappa shape index (κ1) is 18.9. The van der Waals surface area contributed by atoms with E-state index in [0.717, 1.165) is 28.3 Å². The Morgan fingerprint density at radius 2 is 1.90 bits per heavy atom. The molecule has 1 unspecified atom stereocenters. The lowest BCUT2D eigenvalue weighted by molar-refractivity contribution is 0.0925. The minimum atomic E-state index is -0.155. The van der Waals surface area contributed by atoms with Gasteiger partial charge in [0.1, 0.15) is 19.5 Å². The lowest BCUT2D eigenvalue weighted by Gasteiger charge is -2.25. The fourth-order valence-electron chi connectivity index (χ4n) is 3.44. The molecule has 0 radical (unpaired) electrons. The summed E-state index contributed by atoms with van der Waals surface area (Å²) in [6.07, 6.45) is 1.53. The Hall–Kier alpha value is -3.42. The summed E-state index contributed by atoms with van der Waals surface area (Å²) in [5.41, 5.74) is 3.31. The van der Waals surface area contributed by atoms with Crippen molar-refractivity contribution in [3.63, 3.8) is 0 Å². The summed E-state index contributed by atoms with van der Waals surface area (Å²) in [5, 5.41) is 14.4. The van der Waals surface area contributed by atoms with Gasteiger partial charge in [-0.1, -0.05) is 19.9 Å². The van der Waals surface area contributed by atoms with Crippen LogP contribution in [0.5, 0.6) is 11.5 Å². The van der Waals surface area contributed by atoms with E-state index in [0.29, 0.717) is 18.8 Å². The molecule has 0 bridgehead atoms. The number of fused-ring (bicyclic) bond motifs is 1. The molecule has 0 fully saturated rings. The first-order valence-corrected chi connectivity index (χ1v) is 9.57. The second-order valence-electron chi connectivity index (χ2n) is 7.35. The van der Waals surface area contributed by atoms with E-state index in [1.807, 2.05) is 37.3 Å². The van der Waals surface area contributed by atoms with Crippen LogP contribution in [0.2, 0.25) is 0 Å². The molecule has 8 heteroatoms. The Kier molecular flexibility index (Phi) is 5.16. The number of amides is 1. The fourth-order valence-corrected chi connectivity index (χ4v) is 3.44. The van der Waals surface area contributed by atoms with Crippen molar-refractivity contribution >= 4 is 5.91 Å². The number of nitrogens with zero attached hydrogens (tertiary/aromatic N) is 4. The van der Waals surface area contributed by atoms with Gasteiger partial charge < -0.3 is 14.8 Å². The molecule has 8 nitrogen and oxygen atoms in total. The number of ether oxygens (including phenoxy) is 2. The van der Waals surface area contributed by atoms with Crippen LogP contribution in [0.25, 0.3) is 5.69 Å². The molecular formula is C21H23N5O3. The molecule has 1 amide bonds. The second-order valence-corrected chi connectivity index (χ2v) is 7.35. The Morgan fingerprint density at radius 1 is 1.10 bits per heavy atom. The highest BCUT2D eigenvalue weighted by Gasteiger charge is 2.22. The molecule has 1 aromatic heterocycles. The van der Waals surface area contributed by atoms with Gasteiger partial charge in [-0.05, 0) is 64.7 Å². The molecule has 150 valence electrons. The minimum absolute atomic E-state index is 0.134. The number of carbonyl (C=O) groups is 1. The lowest BCUT2D eigenvalue weighted by Crippen LogP contribution is -2.32. The maximum absolute atomic E-state index is 13.0. The van der Waals surface area contributed by atoms with Crippen molar-refractivity contribution in [1.82, 2.24) is 25.5 Å². The number of hydrogen-bond donors (Lipinski definition) is 1. The molecule has 0 saturated carbocycles. The van der Waals surface area contributed by atoms with Gasteiger partial charge in [0.2, 0.25) is 0 Å². The quantitative estimate of drug-likeness (QED) is 0.717. The van der Waals surface area contributed by atoms with Crippen molar-refractivity contribution in [2.45, 2.75) is 26.8 Å². The predicted molar refractivity (Wildman–Crippen MR) is 106 cm³/mol. The van der Waals surface area contributed by atoms with E-state index in [1.54, 1.807) is 10.7 Å². The van der Waals surface area contributed by atoms with Crippen LogP contribution in [0, 0.1) is 12.8 Å². The molecular weight excluding hydrogens is 370 g/mol. The maximum atomic E-state index is 13.0. The fraction of sp³-hybridized carbons (Fsp3) is 0.333. The molecule has 0 spiro atoms. The molecule has 2 aromatic carbocycles. The predicted octanol–water partition coefficient (Wildman–Crippen LogP) is 2.87. The molecule has 1 aliphatic heterocycles. The van der Waals surface area contributed by atoms with Crippen molar-refractivity contribution in [3.05, 3.63) is 59.4 Å². The summed E-state index contributed by atoms with van der Waals surface area (Å²) in [6, 6.07) is 11.1. The van der Waals surface area contributed by atoms with Gasteiger partial charge in [0.05, 0.1) is 11.7 Å². The molecule has 1 atom stereocenters. The normalized spacial score (nSPS) is 13.9. The number of aromatic nitrogens is 4. The average molecular weight is 393 g/mol. The van der Waals surface area contributed by atoms with Crippen molar-refractivity contribution in [3.8, 4) is 17.2 Å². The molecule has 1 aliphatic rings. The third kappa shape index (κ3) is 3.91. The van der Waals surface area contributed by atoms with Crippen LogP contribution in [0.15, 0.2) is 42.7 Å². The Bertz CT molecular complexity index is 1020. The first-order chi connectivity index (χ1) is 14.0. The van der Waals surface area contributed by atoms with Gasteiger partial charge in [-0.25, -0.2) is 4.68 Å². The monoisotopic (exact) mass is 393 g/mol. The highest BCUT2D eigenvalue weighted by Crippen LogP contribution is 2.34. The summed E-state index contributed by atoms with van der Waals surface area (Å²) < 4.78 is 12.9. The van der Waals surface area contributed by atoms with E-state index in [2.05, 4.69) is 34.7 Å². The van der Waals surface area contributed by atoms with Crippen LogP contribution < -0.4 is 14.8 Å². The summed E-state index contributed by atoms with van der Waals surface area (Å²) in [4.78, 5) is 13.0. The van der Waals surface area contributed by atoms with Gasteiger partial charge in [-0.3, -0.25) is 4.79 Å². The zero-order valence-corrected chi connectivity index (χ0v) is 16.6. The molecule has 4 rings (SSSR count). The number of hydrogen-bond acceptors (Lipinski definition) is 6. The molecule has 0 aliphatic carbocycles. The van der Waals surface area contributed by atoms with Gasteiger partial charge >= 0.3 is 0 Å². The highest BCUT2D eigenvalue weighted by molar-refractivity contribution is 5.95. The van der Waals surface area contributed by atoms with Crippen LogP contribution in [0.1, 0.15) is 41.4 Å². The largest absolute Gasteiger partial charge is 0.486 e. The van der Waals surface area contributed by atoms with E-state index in [4.69, 9.17) is 9.47 Å². The van der Waals surface area contributed by atoms with Crippen LogP contribution >= 0.6 is 0 Å². The number of carbonyl (C=O) groups excluding carboxylic acids is 1. The van der Waals surface area contributed by atoms with E-state index >= 15 is 0 Å². The third-order valence-electron chi connectivity index (χ3n) is 4.93. The average Bonchev–Trinajstić information content (AvgIpc) is 3.25. The van der Waals surface area contributed by atoms with Gasteiger partial charge in [0, 0.05) is 5.56 Å². The lowest BCUT2D eigenvalue weighted by atomic mass is 9.95. The SMILES string of the molecule is Cc1cc(C(=O)NC(c2ccc3c(c2)OCCO3)C(C)C)ccc1-n1cnnn1. The second kappa shape index (κ2) is 7.90. The molecule has 29 heavy (non-hydrogen) atoms. The standard InChI is InChI=1S/C21H23N5O3/c1-13(2)20(15-5-7-18-19(11-15)29-9-8-28-18)23-21(27)16-4-6-17(14(3)10-16)26-12-22-24-25-26/h4-7,10-13,20H,8-9H2,1-3H3,(H,23,27). The van der Waals surface area contributed by atoms with Crippen LogP contribution in [0.3, 0.4) is 0 Å². The molecule has 0 saturated heterocycles. The Balaban J connectivity index is 1.56. The minimum Gasteiger partial charge on any atom is -0.486 e. The first-order valence-electron chi connectivity index (χ1n) is 9.57. The van der Waals surface area contributed by atoms with Crippen molar-refractivity contribution in [2.75, 3.05) is 13.2 Å². The van der Waals surface area contributed by atoms with Crippen LogP contribution in [0.4, 0.5) is 0 Å². The number of aryl methyl sites for hydroxylation is 1. The van der Waals surface area contributed by atoms with Crippen LogP contribution in [-0.4, -0.2) is 39.3 Å². The Labute approximate surface area is 168 Å². The Morgan fingerprint density at radius 3 is 2.59 bits per heavy atom. The van der Waals surface area contributed by atoms with E-state index < -0.39 is 0 Å². The summed E-state index contributed by atoms with van der Waals surface area (Å²) in [6.45, 7) is 7.16. The molecule has 2 heterocycles. The maximum Gasteiger partial charge on any atom is 0.251 e. The topological polar surface area (TPSA) is 91.2 Å².